The van der Waals surface area contributed by atoms with Gasteiger partial charge in [0.1, 0.15) is 0 Å². The van der Waals surface area contributed by atoms with Crippen LogP contribution in [0.3, 0.4) is 0 Å². The lowest BCUT2D eigenvalue weighted by Crippen LogP contribution is -2.24. The van der Waals surface area contributed by atoms with Gasteiger partial charge in [-0.1, -0.05) is 85.8 Å². The van der Waals surface area contributed by atoms with Crippen LogP contribution in [0.1, 0.15) is 67.0 Å². The zero-order valence-corrected chi connectivity index (χ0v) is 24.3. The SMILES string of the molecule is C=C(/C=C1\CC1(C)CCCNC(=C)C1(c2cccc(C)c2)CC1)c1ccccc1C.Cc1[nH]ncc1Br. The molecule has 1 atom stereocenters. The number of benzene rings is 2. The number of aromatic nitrogens is 2. The maximum Gasteiger partial charge on any atom is 0.0632 e. The molecule has 2 fully saturated rings. The highest BCUT2D eigenvalue weighted by molar-refractivity contribution is 9.10. The molecule has 0 amide bonds. The highest BCUT2D eigenvalue weighted by Gasteiger charge is 2.47. The topological polar surface area (TPSA) is 40.7 Å². The average Bonchev–Trinajstić information content (AvgIpc) is 3.76. The van der Waals surface area contributed by atoms with Gasteiger partial charge >= 0.3 is 0 Å². The lowest BCUT2D eigenvalue weighted by molar-refractivity contribution is 0.503. The molecule has 194 valence electrons. The summed E-state index contributed by atoms with van der Waals surface area (Å²) in [4.78, 5) is 0. The van der Waals surface area contributed by atoms with E-state index in [1.54, 1.807) is 11.8 Å². The van der Waals surface area contributed by atoms with E-state index in [9.17, 15) is 0 Å². The number of halogens is 1. The van der Waals surface area contributed by atoms with Gasteiger partial charge < -0.3 is 5.32 Å². The van der Waals surface area contributed by atoms with E-state index in [0.29, 0.717) is 5.41 Å². The van der Waals surface area contributed by atoms with E-state index in [2.05, 4.69) is 120 Å². The average molecular weight is 559 g/mol. The molecule has 0 saturated heterocycles. The van der Waals surface area contributed by atoms with Crippen molar-refractivity contribution < 1.29 is 0 Å². The van der Waals surface area contributed by atoms with Gasteiger partial charge in [0.25, 0.3) is 0 Å². The number of H-pyrrole nitrogens is 1. The molecule has 3 nitrogen and oxygen atoms in total. The minimum Gasteiger partial charge on any atom is -0.388 e. The van der Waals surface area contributed by atoms with Crippen LogP contribution < -0.4 is 5.32 Å². The van der Waals surface area contributed by atoms with Crippen molar-refractivity contribution in [2.75, 3.05) is 6.54 Å². The Bertz CT molecular complexity index is 1290. The third kappa shape index (κ3) is 6.54. The fourth-order valence-corrected chi connectivity index (χ4v) is 5.32. The van der Waals surface area contributed by atoms with Crippen molar-refractivity contribution >= 4 is 21.5 Å². The second-order valence-electron chi connectivity index (χ2n) is 11.1. The Morgan fingerprint density at radius 3 is 2.46 bits per heavy atom. The van der Waals surface area contributed by atoms with Crippen LogP contribution in [0.15, 0.2) is 89.7 Å². The predicted octanol–water partition coefficient (Wildman–Crippen LogP) is 8.75. The normalized spacial score (nSPS) is 20.1. The summed E-state index contributed by atoms with van der Waals surface area (Å²) in [5.41, 5.74) is 10.8. The molecule has 4 heteroatoms. The van der Waals surface area contributed by atoms with Crippen LogP contribution in [-0.4, -0.2) is 16.7 Å². The smallest absolute Gasteiger partial charge is 0.0632 e. The van der Waals surface area contributed by atoms with Crippen LogP contribution in [0.25, 0.3) is 5.57 Å². The number of nitrogens with zero attached hydrogens (tertiary/aromatic N) is 1. The number of hydrogen-bond acceptors (Lipinski definition) is 2. The molecule has 2 saturated carbocycles. The molecule has 2 aliphatic carbocycles. The van der Waals surface area contributed by atoms with Gasteiger partial charge in [-0.05, 0) is 96.5 Å². The Labute approximate surface area is 231 Å². The summed E-state index contributed by atoms with van der Waals surface area (Å²) in [7, 11) is 0. The Balaban J connectivity index is 0.000000396. The molecule has 2 aliphatic rings. The van der Waals surface area contributed by atoms with Crippen molar-refractivity contribution in [3.8, 4) is 0 Å². The first-order valence-corrected chi connectivity index (χ1v) is 14.1. The maximum atomic E-state index is 4.41. The standard InChI is InChI=1S/C29H35N.C4H5BrN2/c1-21-10-8-12-25(18-21)29(15-16-29)24(4)30-17-9-14-28(5)20-26(28)19-23(3)27-13-7-6-11-22(27)2;1-3-4(5)2-6-7-3/h6-8,10-13,18-19,30H,3-4,9,14-17,20H2,1-2,5H3;2H,1H3,(H,6,7)/b26-19+;. The molecular weight excluding hydrogens is 518 g/mol. The lowest BCUT2D eigenvalue weighted by Gasteiger charge is -2.21. The molecule has 1 heterocycles. The quantitative estimate of drug-likeness (QED) is 0.258. The second-order valence-corrected chi connectivity index (χ2v) is 11.9. The molecule has 0 radical (unpaired) electrons. The Hall–Kier alpha value is -2.85. The van der Waals surface area contributed by atoms with Gasteiger partial charge in [0, 0.05) is 23.4 Å². The van der Waals surface area contributed by atoms with Gasteiger partial charge in [-0.2, -0.15) is 5.10 Å². The largest absolute Gasteiger partial charge is 0.388 e. The van der Waals surface area contributed by atoms with Crippen LogP contribution >= 0.6 is 15.9 Å². The molecule has 5 rings (SSSR count). The maximum absolute atomic E-state index is 4.41. The molecule has 2 aromatic carbocycles. The highest BCUT2D eigenvalue weighted by atomic mass is 79.9. The van der Waals surface area contributed by atoms with Crippen LogP contribution in [0.2, 0.25) is 0 Å². The molecule has 0 spiro atoms. The molecule has 1 unspecified atom stereocenters. The van der Waals surface area contributed by atoms with E-state index in [1.165, 1.54) is 60.1 Å². The van der Waals surface area contributed by atoms with Crippen LogP contribution in [0.4, 0.5) is 0 Å². The summed E-state index contributed by atoms with van der Waals surface area (Å²) in [5.74, 6) is 0. The molecular formula is C33H40BrN3. The van der Waals surface area contributed by atoms with Gasteiger partial charge in [-0.3, -0.25) is 5.10 Å². The first-order valence-electron chi connectivity index (χ1n) is 13.3. The molecule has 0 bridgehead atoms. The van der Waals surface area contributed by atoms with Gasteiger partial charge in [0.2, 0.25) is 0 Å². The predicted molar refractivity (Wildman–Crippen MR) is 161 cm³/mol. The fraction of sp³-hybridized carbons (Fsp3) is 0.364. The van der Waals surface area contributed by atoms with Crippen molar-refractivity contribution in [2.24, 2.45) is 5.41 Å². The highest BCUT2D eigenvalue weighted by Crippen LogP contribution is 2.56. The van der Waals surface area contributed by atoms with Crippen LogP contribution in [-0.2, 0) is 5.41 Å². The lowest BCUT2D eigenvalue weighted by atomic mass is 9.91. The molecule has 2 N–H and O–H groups in total. The zero-order valence-electron chi connectivity index (χ0n) is 22.8. The van der Waals surface area contributed by atoms with Gasteiger partial charge in [-0.25, -0.2) is 0 Å². The Kier molecular flexibility index (Phi) is 8.28. The minimum atomic E-state index is 0.172. The minimum absolute atomic E-state index is 0.172. The zero-order chi connectivity index (χ0) is 26.6. The molecule has 37 heavy (non-hydrogen) atoms. The van der Waals surface area contributed by atoms with E-state index in [1.807, 2.05) is 6.92 Å². The monoisotopic (exact) mass is 557 g/mol. The van der Waals surface area contributed by atoms with Gasteiger partial charge in [-0.15, -0.1) is 0 Å². The summed E-state index contributed by atoms with van der Waals surface area (Å²) in [6, 6.07) is 17.4. The first kappa shape index (κ1) is 27.2. The molecule has 1 aromatic heterocycles. The molecule has 0 aliphatic heterocycles. The number of aryl methyl sites for hydroxylation is 3. The van der Waals surface area contributed by atoms with Crippen molar-refractivity contribution in [3.05, 3.63) is 118 Å². The Morgan fingerprint density at radius 1 is 1.11 bits per heavy atom. The number of nitrogens with one attached hydrogen (secondary N) is 2. The summed E-state index contributed by atoms with van der Waals surface area (Å²) < 4.78 is 1.03. The van der Waals surface area contributed by atoms with Crippen molar-refractivity contribution in [3.63, 3.8) is 0 Å². The van der Waals surface area contributed by atoms with Gasteiger partial charge in [0.15, 0.2) is 0 Å². The summed E-state index contributed by atoms with van der Waals surface area (Å²) >= 11 is 3.27. The van der Waals surface area contributed by atoms with E-state index < -0.39 is 0 Å². The van der Waals surface area contributed by atoms with Crippen molar-refractivity contribution in [1.29, 1.82) is 0 Å². The second kappa shape index (κ2) is 11.3. The first-order chi connectivity index (χ1) is 17.6. The van der Waals surface area contributed by atoms with E-state index in [-0.39, 0.29) is 5.41 Å². The van der Waals surface area contributed by atoms with Crippen molar-refractivity contribution in [1.82, 2.24) is 15.5 Å². The Morgan fingerprint density at radius 2 is 1.86 bits per heavy atom. The number of allylic oxidation sites excluding steroid dienone is 4. The van der Waals surface area contributed by atoms with Crippen LogP contribution in [0, 0.1) is 26.2 Å². The fourth-order valence-electron chi connectivity index (χ4n) is 5.13. The van der Waals surface area contributed by atoms with Crippen LogP contribution in [0.5, 0.6) is 0 Å². The summed E-state index contributed by atoms with van der Waals surface area (Å²) in [6.07, 6.45) is 10.1. The molecule has 3 aromatic rings. The number of aromatic amines is 1. The summed E-state index contributed by atoms with van der Waals surface area (Å²) in [5, 5.41) is 10.2. The summed E-state index contributed by atoms with van der Waals surface area (Å²) in [6.45, 7) is 18.4. The number of rotatable bonds is 9. The van der Waals surface area contributed by atoms with E-state index >= 15 is 0 Å². The van der Waals surface area contributed by atoms with Gasteiger partial charge in [0.05, 0.1) is 10.7 Å². The van der Waals surface area contributed by atoms with E-state index in [0.717, 1.165) is 22.3 Å². The third-order valence-corrected chi connectivity index (χ3v) is 8.78. The number of hydrogen-bond donors (Lipinski definition) is 2. The van der Waals surface area contributed by atoms with E-state index in [4.69, 9.17) is 0 Å². The van der Waals surface area contributed by atoms with Crippen molar-refractivity contribution in [2.45, 2.75) is 65.2 Å². The third-order valence-electron chi connectivity index (χ3n) is 7.98.